The molecule has 4 aliphatic rings. The van der Waals surface area contributed by atoms with E-state index in [1.54, 1.807) is 0 Å². The molecule has 0 saturated heterocycles. The van der Waals surface area contributed by atoms with E-state index in [1.807, 2.05) is 0 Å². The number of carboxylic acid groups (broad SMARTS) is 1. The second-order valence-corrected chi connectivity index (χ2v) is 12.7. The highest BCUT2D eigenvalue weighted by molar-refractivity contribution is 6.15. The molecular formula is C35H39N7O13. The van der Waals surface area contributed by atoms with Gasteiger partial charge >= 0.3 is 5.97 Å². The summed E-state index contributed by atoms with van der Waals surface area (Å²) in [6.07, 6.45) is 7.37. The minimum Gasteiger partial charge on any atom is -0.481 e. The van der Waals surface area contributed by atoms with Crippen molar-refractivity contribution in [3.63, 3.8) is 0 Å². The van der Waals surface area contributed by atoms with Gasteiger partial charge in [0.05, 0.1) is 25.2 Å². The summed E-state index contributed by atoms with van der Waals surface area (Å²) in [4.78, 5) is 152. The molecule has 3 N–H and O–H groups in total. The van der Waals surface area contributed by atoms with Crippen molar-refractivity contribution >= 4 is 70.9 Å². The van der Waals surface area contributed by atoms with E-state index < -0.39 is 83.0 Å². The van der Waals surface area contributed by atoms with Crippen molar-refractivity contribution in [1.29, 1.82) is 0 Å². The van der Waals surface area contributed by atoms with Gasteiger partial charge in [-0.05, 0) is 19.3 Å². The van der Waals surface area contributed by atoms with Crippen molar-refractivity contribution in [3.05, 3.63) is 48.6 Å². The van der Waals surface area contributed by atoms with Crippen molar-refractivity contribution in [2.75, 3.05) is 39.3 Å². The molecular weight excluding hydrogens is 726 g/mol. The Hall–Kier alpha value is -6.60. The second-order valence-electron chi connectivity index (χ2n) is 12.7. The first-order valence-corrected chi connectivity index (χ1v) is 17.4. The maximum absolute atomic E-state index is 13.0. The number of rotatable bonds is 22. The summed E-state index contributed by atoms with van der Waals surface area (Å²) >= 11 is 0. The van der Waals surface area contributed by atoms with Gasteiger partial charge in [0.15, 0.2) is 0 Å². The molecule has 0 fully saturated rings. The third-order valence-corrected chi connectivity index (χ3v) is 8.96. The van der Waals surface area contributed by atoms with Crippen LogP contribution in [-0.2, 0) is 57.5 Å². The fraction of sp³-hybridized carbons (Fsp3) is 0.429. The number of hydrogen-bond acceptors (Lipinski definition) is 12. The molecule has 4 rings (SSSR count). The molecule has 11 amide bonds. The van der Waals surface area contributed by atoms with Crippen LogP contribution < -0.4 is 10.6 Å². The maximum Gasteiger partial charge on any atom is 0.303 e. The Balaban J connectivity index is 1.28. The number of nitrogens with zero attached hydrogens (tertiary/aromatic N) is 5. The molecule has 20 nitrogen and oxygen atoms in total. The van der Waals surface area contributed by atoms with Gasteiger partial charge in [0, 0.05) is 100 Å². The highest BCUT2D eigenvalue weighted by atomic mass is 16.4. The van der Waals surface area contributed by atoms with Gasteiger partial charge in [0.2, 0.25) is 17.7 Å². The van der Waals surface area contributed by atoms with Gasteiger partial charge in [-0.15, -0.1) is 0 Å². The Morgan fingerprint density at radius 2 is 0.873 bits per heavy atom. The molecule has 55 heavy (non-hydrogen) atoms. The Labute approximate surface area is 313 Å². The van der Waals surface area contributed by atoms with Gasteiger partial charge in [0.25, 0.3) is 47.3 Å². The molecule has 0 aliphatic carbocycles. The van der Waals surface area contributed by atoms with Crippen LogP contribution in [0.4, 0.5) is 0 Å². The van der Waals surface area contributed by atoms with E-state index >= 15 is 0 Å². The number of amides is 11. The van der Waals surface area contributed by atoms with Gasteiger partial charge in [-0.25, -0.2) is 0 Å². The van der Waals surface area contributed by atoms with Crippen LogP contribution in [0.3, 0.4) is 0 Å². The predicted molar refractivity (Wildman–Crippen MR) is 184 cm³/mol. The van der Waals surface area contributed by atoms with Gasteiger partial charge < -0.3 is 20.6 Å². The minimum atomic E-state index is -1.10. The standard InChI is InChI=1S/C35H39N7O13/c43-24(6-4-22(41-31(50)12-13-32(41)51)20-39-27(46)8-9-28(39)47)36-16-18-38(26(45)2-1-3-35(54)55)19-17-37-25(44)7-5-23(42-33(52)14-15-34(42)53)21-40-29(48)10-11-30(40)49/h8-15,22-23H,1-7,16-21H2,(H,36,43)(H,37,44)(H,54,55). The van der Waals surface area contributed by atoms with E-state index in [9.17, 15) is 57.5 Å². The zero-order valence-electron chi connectivity index (χ0n) is 29.5. The van der Waals surface area contributed by atoms with Gasteiger partial charge in [0.1, 0.15) is 0 Å². The molecule has 0 radical (unpaired) electrons. The van der Waals surface area contributed by atoms with E-state index in [1.165, 1.54) is 4.90 Å². The Bertz CT molecular complexity index is 1610. The number of carbonyl (C=O) groups excluding carboxylic acids is 11. The average molecular weight is 766 g/mol. The fourth-order valence-corrected chi connectivity index (χ4v) is 6.13. The monoisotopic (exact) mass is 765 g/mol. The molecule has 20 heteroatoms. The Morgan fingerprint density at radius 1 is 0.527 bits per heavy atom. The summed E-state index contributed by atoms with van der Waals surface area (Å²) in [5.41, 5.74) is 0. The van der Waals surface area contributed by atoms with Crippen LogP contribution in [0.1, 0.15) is 44.9 Å². The topological polar surface area (TPSA) is 265 Å². The highest BCUT2D eigenvalue weighted by Gasteiger charge is 2.37. The van der Waals surface area contributed by atoms with Crippen LogP contribution in [0.5, 0.6) is 0 Å². The molecule has 0 saturated carbocycles. The lowest BCUT2D eigenvalue weighted by atomic mass is 10.1. The van der Waals surface area contributed by atoms with E-state index in [0.717, 1.165) is 68.2 Å². The first-order chi connectivity index (χ1) is 26.2. The molecule has 0 aromatic rings. The number of nitrogens with one attached hydrogen (secondary N) is 2. The molecule has 2 atom stereocenters. The van der Waals surface area contributed by atoms with Crippen LogP contribution in [0.25, 0.3) is 0 Å². The lowest BCUT2D eigenvalue weighted by molar-refractivity contribution is -0.145. The maximum atomic E-state index is 13.0. The summed E-state index contributed by atoms with van der Waals surface area (Å²) in [7, 11) is 0. The zero-order valence-corrected chi connectivity index (χ0v) is 29.5. The second kappa shape index (κ2) is 18.9. The van der Waals surface area contributed by atoms with Crippen molar-refractivity contribution in [2.45, 2.75) is 57.0 Å². The van der Waals surface area contributed by atoms with Crippen molar-refractivity contribution in [3.8, 4) is 0 Å². The number of carboxylic acids is 1. The molecule has 0 bridgehead atoms. The molecule has 2 unspecified atom stereocenters. The van der Waals surface area contributed by atoms with Crippen LogP contribution in [0.15, 0.2) is 48.6 Å². The average Bonchev–Trinajstić information content (AvgIpc) is 3.85. The summed E-state index contributed by atoms with van der Waals surface area (Å²) in [5, 5.41) is 14.2. The third kappa shape index (κ3) is 11.2. The van der Waals surface area contributed by atoms with Crippen molar-refractivity contribution in [2.24, 2.45) is 0 Å². The summed E-state index contributed by atoms with van der Waals surface area (Å²) in [6.45, 7) is -0.880. The summed E-state index contributed by atoms with van der Waals surface area (Å²) < 4.78 is 0. The Morgan fingerprint density at radius 3 is 1.22 bits per heavy atom. The molecule has 0 aromatic heterocycles. The van der Waals surface area contributed by atoms with Crippen LogP contribution in [0.2, 0.25) is 0 Å². The molecule has 4 heterocycles. The van der Waals surface area contributed by atoms with Crippen LogP contribution >= 0.6 is 0 Å². The SMILES string of the molecule is O=C(O)CCCC(=O)N(CCNC(=O)CCC(CN1C(=O)C=CC1=O)N1C(=O)C=CC1=O)CCNC(=O)CCC(CN1C(=O)C=CC1=O)N1C(=O)C=CC1=O. The quantitative estimate of drug-likeness (QED) is 0.0949. The first kappa shape index (κ1) is 41.2. The Kier molecular flexibility index (Phi) is 14.2. The first-order valence-electron chi connectivity index (χ1n) is 17.4. The van der Waals surface area contributed by atoms with E-state index in [4.69, 9.17) is 5.11 Å². The largest absolute Gasteiger partial charge is 0.481 e. The van der Waals surface area contributed by atoms with E-state index in [2.05, 4.69) is 10.6 Å². The summed E-state index contributed by atoms with van der Waals surface area (Å²) in [5.74, 6) is -7.76. The molecule has 0 aromatic carbocycles. The number of aliphatic carboxylic acids is 1. The number of carbonyl (C=O) groups is 12. The molecule has 4 aliphatic heterocycles. The molecule has 292 valence electrons. The fourth-order valence-electron chi connectivity index (χ4n) is 6.13. The lowest BCUT2D eigenvalue weighted by Crippen LogP contribution is -2.49. The van der Waals surface area contributed by atoms with Gasteiger partial charge in [-0.2, -0.15) is 0 Å². The number of hydrogen-bond donors (Lipinski definition) is 3. The third-order valence-electron chi connectivity index (χ3n) is 8.96. The lowest BCUT2D eigenvalue weighted by Gasteiger charge is -2.29. The van der Waals surface area contributed by atoms with Crippen LogP contribution in [0, 0.1) is 0 Å². The molecule has 0 spiro atoms. The van der Waals surface area contributed by atoms with Gasteiger partial charge in [-0.1, -0.05) is 0 Å². The van der Waals surface area contributed by atoms with Crippen molar-refractivity contribution in [1.82, 2.24) is 35.1 Å². The van der Waals surface area contributed by atoms with E-state index in [-0.39, 0.29) is 84.2 Å². The number of imide groups is 4. The van der Waals surface area contributed by atoms with Crippen molar-refractivity contribution < 1.29 is 62.6 Å². The normalized spacial score (nSPS) is 17.4. The van der Waals surface area contributed by atoms with E-state index in [0.29, 0.717) is 0 Å². The summed E-state index contributed by atoms with van der Waals surface area (Å²) in [6, 6.07) is -1.98. The highest BCUT2D eigenvalue weighted by Crippen LogP contribution is 2.19. The zero-order chi connectivity index (χ0) is 40.2. The van der Waals surface area contributed by atoms with Gasteiger partial charge in [-0.3, -0.25) is 77.1 Å². The smallest absolute Gasteiger partial charge is 0.303 e. The minimum absolute atomic E-state index is 0.0346. The predicted octanol–water partition coefficient (Wildman–Crippen LogP) is -2.70. The van der Waals surface area contributed by atoms with Crippen LogP contribution in [-0.4, -0.2) is 152 Å².